The molecule has 0 atom stereocenters. The van der Waals surface area contributed by atoms with Gasteiger partial charge in [-0.3, -0.25) is 4.79 Å². The maximum atomic E-state index is 10.2. The van der Waals surface area contributed by atoms with Gasteiger partial charge in [-0.25, -0.2) is 4.79 Å². The Kier molecular flexibility index (Phi) is 3.13. The van der Waals surface area contributed by atoms with E-state index >= 15 is 0 Å². The second-order valence-electron chi connectivity index (χ2n) is 1.55. The molecule has 0 unspecified atom stereocenters. The number of carbonyl (C=O) groups excluding carboxylic acids is 1. The molecule has 0 heterocycles. The van der Waals surface area contributed by atoms with Crippen LogP contribution < -0.4 is 5.73 Å². The maximum Gasteiger partial charge on any atom is 0.376 e. The number of carbonyl (C=O) groups is 2. The molecule has 0 saturated carbocycles. The van der Waals surface area contributed by atoms with Gasteiger partial charge in [-0.2, -0.15) is 0 Å². The van der Waals surface area contributed by atoms with Crippen LogP contribution in [0.4, 0.5) is 0 Å². The van der Waals surface area contributed by atoms with Crippen molar-refractivity contribution in [3.8, 4) is 0 Å². The number of rotatable bonds is 3. The van der Waals surface area contributed by atoms with Gasteiger partial charge in [0.2, 0.25) is 0 Å². The summed E-state index contributed by atoms with van der Waals surface area (Å²) in [6.45, 7) is -0.515. The van der Waals surface area contributed by atoms with Crippen LogP contribution in [0.15, 0.2) is 11.8 Å². The molecule has 10 heavy (non-hydrogen) atoms. The molecular formula is C5H7NO4. The molecule has 0 rings (SSSR count). The van der Waals surface area contributed by atoms with Gasteiger partial charge in [-0.1, -0.05) is 0 Å². The van der Waals surface area contributed by atoms with Crippen LogP contribution in [-0.4, -0.2) is 28.6 Å². The number of carboxylic acids is 1. The number of aliphatic hydroxyl groups is 1. The Morgan fingerprint density at radius 1 is 1.50 bits per heavy atom. The first-order valence-electron chi connectivity index (χ1n) is 2.42. The molecule has 0 aromatic rings. The van der Waals surface area contributed by atoms with Crippen molar-refractivity contribution in [2.75, 3.05) is 6.61 Å². The highest BCUT2D eigenvalue weighted by molar-refractivity contribution is 6.37. The lowest BCUT2D eigenvalue weighted by atomic mass is 10.3. The molecule has 0 aliphatic carbocycles. The third kappa shape index (κ3) is 2.83. The van der Waals surface area contributed by atoms with Crippen LogP contribution in [-0.2, 0) is 9.59 Å². The van der Waals surface area contributed by atoms with Crippen LogP contribution in [0.5, 0.6) is 0 Å². The zero-order valence-corrected chi connectivity index (χ0v) is 5.07. The van der Waals surface area contributed by atoms with E-state index in [1.54, 1.807) is 0 Å². The van der Waals surface area contributed by atoms with Crippen molar-refractivity contribution in [1.82, 2.24) is 0 Å². The highest BCUT2D eigenvalue weighted by atomic mass is 16.4. The molecule has 0 aromatic carbocycles. The number of hydrogen-bond donors (Lipinski definition) is 3. The lowest BCUT2D eigenvalue weighted by Gasteiger charge is -1.90. The minimum Gasteiger partial charge on any atom is -0.475 e. The van der Waals surface area contributed by atoms with Crippen molar-refractivity contribution in [3.05, 3.63) is 11.8 Å². The Balaban J connectivity index is 4.13. The summed E-state index contributed by atoms with van der Waals surface area (Å²) in [5.41, 5.74) is 4.78. The smallest absolute Gasteiger partial charge is 0.376 e. The summed E-state index contributed by atoms with van der Waals surface area (Å²) in [6, 6.07) is 0. The largest absolute Gasteiger partial charge is 0.475 e. The Morgan fingerprint density at radius 2 is 2.00 bits per heavy atom. The van der Waals surface area contributed by atoms with E-state index in [0.717, 1.165) is 0 Å². The van der Waals surface area contributed by atoms with Crippen molar-refractivity contribution >= 4 is 11.8 Å². The fraction of sp³-hybridized carbons (Fsp3) is 0.200. The molecule has 0 fully saturated rings. The SMILES string of the molecule is NC(=CC(=O)C(=O)O)CO. The predicted molar refractivity (Wildman–Crippen MR) is 32.0 cm³/mol. The van der Waals surface area contributed by atoms with Crippen LogP contribution >= 0.6 is 0 Å². The minimum atomic E-state index is -1.59. The summed E-state index contributed by atoms with van der Waals surface area (Å²) in [5.74, 6) is -2.72. The predicted octanol–water partition coefficient (Wildman–Crippen LogP) is -1.53. The van der Waals surface area contributed by atoms with Gasteiger partial charge in [0.1, 0.15) is 0 Å². The van der Waals surface area contributed by atoms with E-state index in [2.05, 4.69) is 0 Å². The molecule has 0 radical (unpaired) electrons. The van der Waals surface area contributed by atoms with E-state index in [9.17, 15) is 9.59 Å². The number of aliphatic hydroxyl groups excluding tert-OH is 1. The molecule has 0 aliphatic rings. The first-order chi connectivity index (χ1) is 4.57. The second kappa shape index (κ2) is 3.62. The molecule has 0 spiro atoms. The summed E-state index contributed by atoms with van der Waals surface area (Å²) >= 11 is 0. The normalized spacial score (nSPS) is 11.1. The highest BCUT2D eigenvalue weighted by Crippen LogP contribution is 1.82. The summed E-state index contributed by atoms with van der Waals surface area (Å²) in [7, 11) is 0. The van der Waals surface area contributed by atoms with Crippen molar-refractivity contribution in [2.45, 2.75) is 0 Å². The summed E-state index contributed by atoms with van der Waals surface area (Å²) in [6.07, 6.45) is 0.669. The van der Waals surface area contributed by atoms with E-state index in [0.29, 0.717) is 6.08 Å². The molecule has 0 amide bonds. The molecular weight excluding hydrogens is 138 g/mol. The van der Waals surface area contributed by atoms with Gasteiger partial charge in [0.15, 0.2) is 0 Å². The molecule has 0 aromatic heterocycles. The summed E-state index contributed by atoms with van der Waals surface area (Å²) < 4.78 is 0. The van der Waals surface area contributed by atoms with E-state index in [4.69, 9.17) is 15.9 Å². The number of hydrogen-bond acceptors (Lipinski definition) is 4. The topological polar surface area (TPSA) is 101 Å². The van der Waals surface area contributed by atoms with Crippen molar-refractivity contribution in [2.24, 2.45) is 5.73 Å². The lowest BCUT2D eigenvalue weighted by molar-refractivity contribution is -0.146. The summed E-state index contributed by atoms with van der Waals surface area (Å²) in [4.78, 5) is 20.1. The van der Waals surface area contributed by atoms with Crippen LogP contribution in [0.25, 0.3) is 0 Å². The van der Waals surface area contributed by atoms with Crippen molar-refractivity contribution in [1.29, 1.82) is 0 Å². The third-order valence-electron chi connectivity index (χ3n) is 0.710. The molecule has 0 aliphatic heterocycles. The minimum absolute atomic E-state index is 0.160. The number of aliphatic carboxylic acids is 1. The van der Waals surface area contributed by atoms with E-state index in [-0.39, 0.29) is 5.70 Å². The van der Waals surface area contributed by atoms with Gasteiger partial charge in [0.05, 0.1) is 6.61 Å². The van der Waals surface area contributed by atoms with Gasteiger partial charge < -0.3 is 15.9 Å². The summed E-state index contributed by atoms with van der Waals surface area (Å²) in [5, 5.41) is 16.2. The van der Waals surface area contributed by atoms with Gasteiger partial charge in [0.25, 0.3) is 5.78 Å². The second-order valence-corrected chi connectivity index (χ2v) is 1.55. The molecule has 0 bridgehead atoms. The number of ketones is 1. The third-order valence-corrected chi connectivity index (χ3v) is 0.710. The molecule has 0 saturated heterocycles. The average molecular weight is 145 g/mol. The van der Waals surface area contributed by atoms with Gasteiger partial charge >= 0.3 is 5.97 Å². The molecule has 5 heteroatoms. The van der Waals surface area contributed by atoms with Crippen LogP contribution in [0.1, 0.15) is 0 Å². The van der Waals surface area contributed by atoms with Gasteiger partial charge in [-0.15, -0.1) is 0 Å². The standard InChI is InChI=1S/C5H7NO4/c6-3(2-7)1-4(8)5(9)10/h1,7H,2,6H2,(H,9,10). The molecule has 4 N–H and O–H groups in total. The quantitative estimate of drug-likeness (QED) is 0.330. The first kappa shape index (κ1) is 8.64. The zero-order chi connectivity index (χ0) is 8.15. The first-order valence-corrected chi connectivity index (χ1v) is 2.42. The monoisotopic (exact) mass is 145 g/mol. The number of nitrogens with two attached hydrogens (primary N) is 1. The van der Waals surface area contributed by atoms with E-state index in [1.165, 1.54) is 0 Å². The maximum absolute atomic E-state index is 10.2. The van der Waals surface area contributed by atoms with Crippen molar-refractivity contribution in [3.63, 3.8) is 0 Å². The zero-order valence-electron chi connectivity index (χ0n) is 5.07. The Hall–Kier alpha value is -1.36. The van der Waals surface area contributed by atoms with E-state index < -0.39 is 18.4 Å². The van der Waals surface area contributed by atoms with Crippen molar-refractivity contribution < 1.29 is 19.8 Å². The van der Waals surface area contributed by atoms with Gasteiger partial charge in [0, 0.05) is 11.8 Å². The molecule has 56 valence electrons. The van der Waals surface area contributed by atoms with Gasteiger partial charge in [-0.05, 0) is 0 Å². The van der Waals surface area contributed by atoms with Crippen LogP contribution in [0.3, 0.4) is 0 Å². The average Bonchev–Trinajstić information content (AvgIpc) is 1.87. The van der Waals surface area contributed by atoms with Crippen LogP contribution in [0.2, 0.25) is 0 Å². The Morgan fingerprint density at radius 3 is 2.30 bits per heavy atom. The fourth-order valence-electron chi connectivity index (χ4n) is 0.276. The lowest BCUT2D eigenvalue weighted by Crippen LogP contribution is -2.13. The fourth-order valence-corrected chi connectivity index (χ4v) is 0.276. The Bertz CT molecular complexity index is 184. The van der Waals surface area contributed by atoms with E-state index in [1.807, 2.05) is 0 Å². The highest BCUT2D eigenvalue weighted by Gasteiger charge is 2.06. The number of carboxylic acid groups (broad SMARTS) is 1. The van der Waals surface area contributed by atoms with Crippen LogP contribution in [0, 0.1) is 0 Å². The Labute approximate surface area is 56.8 Å². The molecule has 5 nitrogen and oxygen atoms in total.